The molecule has 0 atom stereocenters. The molecule has 0 aromatic heterocycles. The first-order chi connectivity index (χ1) is 16.7. The Labute approximate surface area is 222 Å². The van der Waals surface area contributed by atoms with Crippen LogP contribution >= 0.6 is 22.9 Å². The van der Waals surface area contributed by atoms with Crippen molar-refractivity contribution in [2.75, 3.05) is 97.7 Å². The van der Waals surface area contributed by atoms with E-state index in [2.05, 4.69) is 154 Å². The monoisotopic (exact) mass is 561 g/mol. The van der Waals surface area contributed by atoms with Crippen LogP contribution in [-0.2, 0) is 6.54 Å². The topological polar surface area (TPSA) is 59.4 Å². The van der Waals surface area contributed by atoms with E-state index in [4.69, 9.17) is 9.03 Å². The van der Waals surface area contributed by atoms with Gasteiger partial charge in [0.2, 0.25) is 15.0 Å². The summed E-state index contributed by atoms with van der Waals surface area (Å²) in [7, 11) is 18.7. The lowest BCUT2D eigenvalue weighted by molar-refractivity contribution is 0.396. The van der Waals surface area contributed by atoms with Crippen LogP contribution < -0.4 is 5.09 Å². The minimum atomic E-state index is -2.56. The van der Waals surface area contributed by atoms with Gasteiger partial charge in [0.1, 0.15) is 0 Å². The highest BCUT2D eigenvalue weighted by molar-refractivity contribution is 7.80. The van der Waals surface area contributed by atoms with E-state index in [0.29, 0.717) is 0 Å². The maximum absolute atomic E-state index is 5.92. The van der Waals surface area contributed by atoms with Gasteiger partial charge in [0.15, 0.2) is 0 Å². The summed E-state index contributed by atoms with van der Waals surface area (Å²) in [5.41, 5.74) is 2.58. The Bertz CT molecular complexity index is 856. The highest BCUT2D eigenvalue weighted by Gasteiger charge is 2.55. The molecule has 10 nitrogen and oxygen atoms in total. The third-order valence-corrected chi connectivity index (χ3v) is 18.6. The summed E-state index contributed by atoms with van der Waals surface area (Å²) in [5, 5.41) is 3.95. The predicted molar refractivity (Wildman–Crippen MR) is 162 cm³/mol. The fourth-order valence-corrected chi connectivity index (χ4v) is 19.1. The SMILES string of the molecule is Cc1ccc(CN2CCCN[P+]2(N=P(N(C)C)(N(C)C)N(C)C)N=P(N(C)C)(N(C)C)N(C)C)cc1. The van der Waals surface area contributed by atoms with E-state index >= 15 is 0 Å². The maximum atomic E-state index is 5.92. The van der Waals surface area contributed by atoms with Gasteiger partial charge >= 0.3 is 7.87 Å². The van der Waals surface area contributed by atoms with E-state index in [1.165, 1.54) is 11.1 Å². The molecule has 0 bridgehead atoms. The van der Waals surface area contributed by atoms with E-state index in [1.54, 1.807) is 0 Å². The first kappa shape index (κ1) is 32.0. The molecule has 36 heavy (non-hydrogen) atoms. The highest BCUT2D eigenvalue weighted by atomic mass is 31.3. The molecular formula is C23H52N10P3+. The van der Waals surface area contributed by atoms with Gasteiger partial charge in [-0.3, -0.25) is 0 Å². The molecule has 0 saturated carbocycles. The van der Waals surface area contributed by atoms with Gasteiger partial charge in [0, 0.05) is 13.1 Å². The summed E-state index contributed by atoms with van der Waals surface area (Å²) in [4.78, 5) is 0. The second kappa shape index (κ2) is 12.8. The van der Waals surface area contributed by atoms with Crippen molar-refractivity contribution in [2.45, 2.75) is 19.9 Å². The molecule has 1 fully saturated rings. The number of nitrogens with zero attached hydrogens (tertiary/aromatic N) is 9. The second-order valence-corrected chi connectivity index (χ2v) is 20.9. The molecule has 13 heteroatoms. The van der Waals surface area contributed by atoms with Crippen molar-refractivity contribution in [2.24, 2.45) is 9.03 Å². The Kier molecular flexibility index (Phi) is 11.3. The smallest absolute Gasteiger partial charge is 0.249 e. The van der Waals surface area contributed by atoms with Crippen LogP contribution in [0, 0.1) is 6.92 Å². The Hall–Kier alpha value is -0.210. The molecule has 0 unspecified atom stereocenters. The third-order valence-electron chi connectivity index (χ3n) is 6.51. The van der Waals surface area contributed by atoms with Crippen LogP contribution in [0.4, 0.5) is 0 Å². The molecule has 0 radical (unpaired) electrons. The molecular weight excluding hydrogens is 509 g/mol. The standard InChI is InChI=1S/C23H52N10P3/c1-22-15-17-23(18-16-22)21-33-20-14-19-24-34(33,25-35(27(2)3,28(4)5)29(6)7)26-36(30(8)9,31(10)11)32(12)13/h15-18,24H,14,19-21H2,1-13H3/q+1. The van der Waals surface area contributed by atoms with E-state index < -0.39 is 22.9 Å². The second-order valence-electron chi connectivity index (χ2n) is 10.5. The van der Waals surface area contributed by atoms with Crippen LogP contribution in [0.15, 0.2) is 33.3 Å². The minimum Gasteiger partial charge on any atom is -0.249 e. The van der Waals surface area contributed by atoms with Gasteiger partial charge < -0.3 is 0 Å². The minimum absolute atomic E-state index is 0.816. The molecule has 1 aromatic rings. The number of benzene rings is 1. The van der Waals surface area contributed by atoms with Crippen molar-refractivity contribution in [1.82, 2.24) is 37.8 Å². The van der Waals surface area contributed by atoms with E-state index in [9.17, 15) is 0 Å². The van der Waals surface area contributed by atoms with Gasteiger partial charge in [-0.2, -0.15) is 0 Å². The van der Waals surface area contributed by atoms with E-state index in [0.717, 1.165) is 26.1 Å². The van der Waals surface area contributed by atoms with Crippen molar-refractivity contribution in [3.8, 4) is 0 Å². The van der Waals surface area contributed by atoms with Crippen molar-refractivity contribution in [3.63, 3.8) is 0 Å². The van der Waals surface area contributed by atoms with Crippen molar-refractivity contribution >= 4 is 22.9 Å². The molecule has 1 saturated heterocycles. The molecule has 1 aliphatic heterocycles. The Balaban J connectivity index is 3.00. The zero-order valence-electron chi connectivity index (χ0n) is 25.0. The van der Waals surface area contributed by atoms with Gasteiger partial charge in [-0.05, 0) is 113 Å². The van der Waals surface area contributed by atoms with Crippen LogP contribution in [0.1, 0.15) is 17.5 Å². The van der Waals surface area contributed by atoms with Crippen molar-refractivity contribution in [3.05, 3.63) is 35.4 Å². The summed E-state index contributed by atoms with van der Waals surface area (Å²) < 4.78 is 28.2. The van der Waals surface area contributed by atoms with Crippen LogP contribution in [0.3, 0.4) is 0 Å². The van der Waals surface area contributed by atoms with Gasteiger partial charge in [0.05, 0.1) is 6.54 Å². The van der Waals surface area contributed by atoms with Crippen molar-refractivity contribution in [1.29, 1.82) is 0 Å². The Morgan fingerprint density at radius 3 is 1.47 bits per heavy atom. The summed E-state index contributed by atoms with van der Waals surface area (Å²) >= 11 is 0. The number of nitrogens with one attached hydrogen (secondary N) is 1. The zero-order chi connectivity index (χ0) is 27.5. The van der Waals surface area contributed by atoms with Gasteiger partial charge in [-0.25, -0.2) is 28.0 Å². The van der Waals surface area contributed by atoms with Crippen molar-refractivity contribution < 1.29 is 0 Å². The molecule has 1 aliphatic rings. The largest absolute Gasteiger partial charge is 0.402 e. The van der Waals surface area contributed by atoms with Crippen LogP contribution in [0.5, 0.6) is 0 Å². The fraction of sp³-hybridized carbons (Fsp3) is 0.739. The highest BCUT2D eigenvalue weighted by Crippen LogP contribution is 2.77. The molecule has 1 aromatic carbocycles. The average molecular weight is 562 g/mol. The summed E-state index contributed by atoms with van der Waals surface area (Å²) in [5.74, 6) is 0. The average Bonchev–Trinajstić information content (AvgIpc) is 2.77. The first-order valence-electron chi connectivity index (χ1n) is 12.5. The number of hydrogen-bond acceptors (Lipinski definition) is 4. The first-order valence-corrected chi connectivity index (χ1v) is 17.3. The lowest BCUT2D eigenvalue weighted by atomic mass is 10.1. The normalized spacial score (nSPS) is 17.8. The quantitative estimate of drug-likeness (QED) is 0.412. The molecule has 1 heterocycles. The van der Waals surface area contributed by atoms with Gasteiger partial charge in [0.25, 0.3) is 0 Å². The molecule has 1 N–H and O–H groups in total. The number of aryl methyl sites for hydroxylation is 1. The molecule has 2 rings (SSSR count). The van der Waals surface area contributed by atoms with E-state index in [-0.39, 0.29) is 0 Å². The van der Waals surface area contributed by atoms with Crippen LogP contribution in [0.2, 0.25) is 0 Å². The predicted octanol–water partition coefficient (Wildman–Crippen LogP) is 4.73. The summed E-state index contributed by atoms with van der Waals surface area (Å²) in [6, 6.07) is 8.90. The molecule has 0 spiro atoms. The third kappa shape index (κ3) is 6.32. The van der Waals surface area contributed by atoms with Gasteiger partial charge in [-0.1, -0.05) is 29.8 Å². The summed E-state index contributed by atoms with van der Waals surface area (Å²) in [6.45, 7) is 4.83. The lowest BCUT2D eigenvalue weighted by Crippen LogP contribution is -2.40. The summed E-state index contributed by atoms with van der Waals surface area (Å²) in [6.07, 6.45) is 1.08. The molecule has 208 valence electrons. The molecule has 0 amide bonds. The maximum Gasteiger partial charge on any atom is 0.402 e. The van der Waals surface area contributed by atoms with Crippen LogP contribution in [0.25, 0.3) is 0 Å². The van der Waals surface area contributed by atoms with Crippen LogP contribution in [-0.4, -0.2) is 130 Å². The lowest BCUT2D eigenvalue weighted by Gasteiger charge is -2.45. The fourth-order valence-electron chi connectivity index (χ4n) is 4.97. The number of rotatable bonds is 10. The number of hydrogen-bond donors (Lipinski definition) is 1. The Morgan fingerprint density at radius 2 is 1.11 bits per heavy atom. The Morgan fingerprint density at radius 1 is 0.722 bits per heavy atom. The van der Waals surface area contributed by atoms with E-state index in [1.807, 2.05) is 0 Å². The van der Waals surface area contributed by atoms with Gasteiger partial charge in [-0.15, -0.1) is 9.76 Å². The molecule has 0 aliphatic carbocycles. The zero-order valence-corrected chi connectivity index (χ0v) is 27.7.